The lowest BCUT2D eigenvalue weighted by atomic mass is 10.1. The number of nitrogens with one attached hydrogen (secondary N) is 1. The molecule has 1 atom stereocenters. The van der Waals surface area contributed by atoms with Gasteiger partial charge in [0, 0.05) is 41.9 Å². The smallest absolute Gasteiger partial charge is 0.0362 e. The highest BCUT2D eigenvalue weighted by atomic mass is 32.2. The first-order valence-corrected chi connectivity index (χ1v) is 5.87. The van der Waals surface area contributed by atoms with Gasteiger partial charge in [0.05, 0.1) is 0 Å². The molecule has 1 fully saturated rings. The molecule has 1 N–H and O–H groups in total. The third-order valence-corrected chi connectivity index (χ3v) is 3.53. The molecule has 0 aromatic rings. The predicted octanol–water partition coefficient (Wildman–Crippen LogP) is -0.484. The number of hydrogen-bond donors (Lipinski definition) is 1. The van der Waals surface area contributed by atoms with E-state index in [9.17, 15) is 4.21 Å². The standard InChI is InChI=1S/C8H18N2OS/c1-10(2)3-4-12(11)7-8-5-9-6-8/h8-9H,3-7H2,1-2H3. The zero-order chi connectivity index (χ0) is 8.97. The second-order valence-corrected chi connectivity index (χ2v) is 5.26. The van der Waals surface area contributed by atoms with Crippen LogP contribution in [0, 0.1) is 5.92 Å². The van der Waals surface area contributed by atoms with Gasteiger partial charge in [-0.1, -0.05) is 0 Å². The highest BCUT2D eigenvalue weighted by Crippen LogP contribution is 2.04. The van der Waals surface area contributed by atoms with Gasteiger partial charge in [-0.25, -0.2) is 0 Å². The minimum absolute atomic E-state index is 0.601. The maximum atomic E-state index is 11.4. The van der Waals surface area contributed by atoms with Crippen LogP contribution < -0.4 is 5.32 Å². The van der Waals surface area contributed by atoms with Crippen molar-refractivity contribution < 1.29 is 4.21 Å². The molecular weight excluding hydrogens is 172 g/mol. The van der Waals surface area contributed by atoms with Crippen LogP contribution in [0.1, 0.15) is 0 Å². The van der Waals surface area contributed by atoms with Crippen LogP contribution in [0.25, 0.3) is 0 Å². The van der Waals surface area contributed by atoms with Crippen molar-refractivity contribution in [2.75, 3.05) is 45.2 Å². The molecule has 1 rings (SSSR count). The second-order valence-electron chi connectivity index (χ2n) is 3.64. The maximum Gasteiger partial charge on any atom is 0.0362 e. The molecule has 0 aromatic carbocycles. The first kappa shape index (κ1) is 10.2. The number of nitrogens with zero attached hydrogens (tertiary/aromatic N) is 1. The summed E-state index contributed by atoms with van der Waals surface area (Å²) < 4.78 is 11.4. The van der Waals surface area contributed by atoms with E-state index in [-0.39, 0.29) is 0 Å². The Kier molecular flexibility index (Phi) is 4.18. The summed E-state index contributed by atoms with van der Waals surface area (Å²) in [6.45, 7) is 3.06. The normalized spacial score (nSPS) is 20.9. The van der Waals surface area contributed by atoms with Gasteiger partial charge >= 0.3 is 0 Å². The average Bonchev–Trinajstić information content (AvgIpc) is 1.93. The van der Waals surface area contributed by atoms with E-state index in [1.165, 1.54) is 0 Å². The van der Waals surface area contributed by atoms with Crippen molar-refractivity contribution in [3.63, 3.8) is 0 Å². The third-order valence-electron chi connectivity index (χ3n) is 2.05. The van der Waals surface area contributed by atoms with E-state index in [1.807, 2.05) is 14.1 Å². The van der Waals surface area contributed by atoms with Crippen molar-refractivity contribution >= 4 is 10.8 Å². The van der Waals surface area contributed by atoms with Crippen molar-refractivity contribution in [3.8, 4) is 0 Å². The van der Waals surface area contributed by atoms with Crippen molar-refractivity contribution in [1.82, 2.24) is 10.2 Å². The fraction of sp³-hybridized carbons (Fsp3) is 1.00. The van der Waals surface area contributed by atoms with Gasteiger partial charge in [0.25, 0.3) is 0 Å². The summed E-state index contributed by atoms with van der Waals surface area (Å²) in [7, 11) is 3.43. The van der Waals surface area contributed by atoms with Crippen molar-refractivity contribution in [3.05, 3.63) is 0 Å². The summed E-state index contributed by atoms with van der Waals surface area (Å²) >= 11 is 0. The van der Waals surface area contributed by atoms with Gasteiger partial charge in [0.15, 0.2) is 0 Å². The summed E-state index contributed by atoms with van der Waals surface area (Å²) in [5, 5.41) is 3.19. The summed E-state index contributed by atoms with van der Waals surface area (Å²) in [6, 6.07) is 0. The van der Waals surface area contributed by atoms with Crippen molar-refractivity contribution in [1.29, 1.82) is 0 Å². The highest BCUT2D eigenvalue weighted by Gasteiger charge is 2.18. The Hall–Kier alpha value is 0.0700. The highest BCUT2D eigenvalue weighted by molar-refractivity contribution is 7.85. The summed E-state index contributed by atoms with van der Waals surface area (Å²) in [6.07, 6.45) is 0. The Morgan fingerprint density at radius 2 is 2.17 bits per heavy atom. The van der Waals surface area contributed by atoms with Crippen LogP contribution in [0.15, 0.2) is 0 Å². The van der Waals surface area contributed by atoms with Gasteiger partial charge in [0.2, 0.25) is 0 Å². The maximum absolute atomic E-state index is 11.4. The first-order chi connectivity index (χ1) is 5.68. The monoisotopic (exact) mass is 190 g/mol. The van der Waals surface area contributed by atoms with Crippen LogP contribution in [-0.2, 0) is 10.8 Å². The molecule has 72 valence electrons. The van der Waals surface area contributed by atoms with E-state index in [1.54, 1.807) is 0 Å². The minimum Gasteiger partial charge on any atom is -0.316 e. The van der Waals surface area contributed by atoms with E-state index < -0.39 is 10.8 Å². The number of rotatable bonds is 5. The van der Waals surface area contributed by atoms with Crippen LogP contribution >= 0.6 is 0 Å². The van der Waals surface area contributed by atoms with Crippen LogP contribution in [0.3, 0.4) is 0 Å². The summed E-state index contributed by atoms with van der Waals surface area (Å²) in [5.74, 6) is 2.39. The van der Waals surface area contributed by atoms with Crippen LogP contribution in [-0.4, -0.2) is 54.3 Å². The van der Waals surface area contributed by atoms with Gasteiger partial charge in [-0.05, 0) is 20.0 Å². The predicted molar refractivity (Wildman–Crippen MR) is 52.8 cm³/mol. The molecule has 1 aliphatic heterocycles. The van der Waals surface area contributed by atoms with E-state index in [2.05, 4.69) is 10.2 Å². The molecule has 0 amide bonds. The molecule has 0 aliphatic carbocycles. The van der Waals surface area contributed by atoms with Crippen molar-refractivity contribution in [2.24, 2.45) is 5.92 Å². The minimum atomic E-state index is -0.601. The molecule has 1 saturated heterocycles. The van der Waals surface area contributed by atoms with Gasteiger partial charge in [-0.3, -0.25) is 4.21 Å². The topological polar surface area (TPSA) is 32.3 Å². The molecule has 0 saturated carbocycles. The average molecular weight is 190 g/mol. The lowest BCUT2D eigenvalue weighted by Crippen LogP contribution is -2.45. The van der Waals surface area contributed by atoms with Crippen molar-refractivity contribution in [2.45, 2.75) is 0 Å². The molecule has 0 bridgehead atoms. The van der Waals surface area contributed by atoms with Gasteiger partial charge in [-0.2, -0.15) is 0 Å². The summed E-state index contributed by atoms with van der Waals surface area (Å²) in [5.41, 5.74) is 0. The fourth-order valence-corrected chi connectivity index (χ4v) is 2.59. The lowest BCUT2D eigenvalue weighted by molar-refractivity contribution is 0.381. The Balaban J connectivity index is 2.03. The van der Waals surface area contributed by atoms with E-state index in [0.29, 0.717) is 5.92 Å². The Morgan fingerprint density at radius 1 is 1.50 bits per heavy atom. The molecule has 1 unspecified atom stereocenters. The Labute approximate surface area is 77.0 Å². The quantitative estimate of drug-likeness (QED) is 0.635. The summed E-state index contributed by atoms with van der Waals surface area (Å²) in [4.78, 5) is 2.08. The number of hydrogen-bond acceptors (Lipinski definition) is 3. The molecule has 0 spiro atoms. The van der Waals surface area contributed by atoms with Crippen LogP contribution in [0.2, 0.25) is 0 Å². The molecule has 0 aromatic heterocycles. The fourth-order valence-electron chi connectivity index (χ4n) is 1.10. The third kappa shape index (κ3) is 3.65. The van der Waals surface area contributed by atoms with Crippen LogP contribution in [0.5, 0.6) is 0 Å². The zero-order valence-electron chi connectivity index (χ0n) is 7.88. The molecule has 0 radical (unpaired) electrons. The van der Waals surface area contributed by atoms with Gasteiger partial charge in [0.1, 0.15) is 0 Å². The van der Waals surface area contributed by atoms with E-state index in [4.69, 9.17) is 0 Å². The molecule has 1 aliphatic rings. The molecule has 4 heteroatoms. The van der Waals surface area contributed by atoms with Gasteiger partial charge in [-0.15, -0.1) is 0 Å². The Bertz CT molecular complexity index is 157. The van der Waals surface area contributed by atoms with E-state index in [0.717, 1.165) is 31.1 Å². The molecule has 12 heavy (non-hydrogen) atoms. The van der Waals surface area contributed by atoms with Gasteiger partial charge < -0.3 is 10.2 Å². The van der Waals surface area contributed by atoms with E-state index >= 15 is 0 Å². The molecule has 1 heterocycles. The molecule has 3 nitrogen and oxygen atoms in total. The lowest BCUT2D eigenvalue weighted by Gasteiger charge is -2.26. The largest absolute Gasteiger partial charge is 0.316 e. The Morgan fingerprint density at radius 3 is 2.58 bits per heavy atom. The zero-order valence-corrected chi connectivity index (χ0v) is 8.69. The SMILES string of the molecule is CN(C)CCS(=O)CC1CNC1. The second kappa shape index (κ2) is 4.94. The van der Waals surface area contributed by atoms with Crippen LogP contribution in [0.4, 0.5) is 0 Å². The first-order valence-electron chi connectivity index (χ1n) is 4.39. The molecular formula is C8H18N2OS.